The van der Waals surface area contributed by atoms with Gasteiger partial charge in [-0.2, -0.15) is 5.26 Å². The highest BCUT2D eigenvalue weighted by Crippen LogP contribution is 2.13. The molecule has 0 aliphatic carbocycles. The first-order valence-corrected chi connectivity index (χ1v) is 6.36. The molecule has 0 bridgehead atoms. The Morgan fingerprint density at radius 3 is 2.70 bits per heavy atom. The summed E-state index contributed by atoms with van der Waals surface area (Å²) in [5.74, 6) is 0.518. The van der Waals surface area contributed by atoms with Crippen LogP contribution < -0.4 is 5.32 Å². The lowest BCUT2D eigenvalue weighted by Crippen LogP contribution is -2.08. The van der Waals surface area contributed by atoms with Crippen LogP contribution in [0, 0.1) is 18.3 Å². The third-order valence-corrected chi connectivity index (χ3v) is 2.65. The van der Waals surface area contributed by atoms with Gasteiger partial charge in [0.1, 0.15) is 11.8 Å². The molecule has 1 heterocycles. The first-order chi connectivity index (χ1) is 9.74. The zero-order valence-corrected chi connectivity index (χ0v) is 11.5. The fourth-order valence-electron chi connectivity index (χ4n) is 1.67. The van der Waals surface area contributed by atoms with Crippen LogP contribution in [0.3, 0.4) is 0 Å². The largest absolute Gasteiger partial charge is 0.368 e. The van der Waals surface area contributed by atoms with Crippen LogP contribution >= 0.6 is 0 Å². The predicted octanol–water partition coefficient (Wildman–Crippen LogP) is 2.84. The summed E-state index contributed by atoms with van der Waals surface area (Å²) in [6.07, 6.45) is 1.63. The molecule has 100 valence electrons. The first-order valence-electron chi connectivity index (χ1n) is 6.36. The van der Waals surface area contributed by atoms with Crippen LogP contribution in [0.4, 0.5) is 11.5 Å². The number of anilines is 1. The Morgan fingerprint density at radius 2 is 2.05 bits per heavy atom. The van der Waals surface area contributed by atoms with Crippen molar-refractivity contribution in [2.24, 2.45) is 4.99 Å². The molecular weight excluding hydrogens is 250 g/mol. The fraction of sp³-hybridized carbons (Fsp3) is 0.200. The van der Waals surface area contributed by atoms with Gasteiger partial charge >= 0.3 is 0 Å². The predicted molar refractivity (Wildman–Crippen MR) is 79.3 cm³/mol. The minimum atomic E-state index is 0.284. The third kappa shape index (κ3) is 3.18. The van der Waals surface area contributed by atoms with E-state index in [4.69, 9.17) is 5.26 Å². The van der Waals surface area contributed by atoms with Gasteiger partial charge in [0.25, 0.3) is 0 Å². The number of aliphatic imine (C=N–C) groups is 1. The number of hydrogen-bond donors (Lipinski definition) is 1. The minimum Gasteiger partial charge on any atom is -0.368 e. The van der Waals surface area contributed by atoms with Crippen molar-refractivity contribution >= 4 is 17.7 Å². The highest BCUT2D eigenvalue weighted by Gasteiger charge is 2.08. The van der Waals surface area contributed by atoms with E-state index in [2.05, 4.69) is 20.3 Å². The number of aryl methyl sites for hydroxylation is 1. The summed E-state index contributed by atoms with van der Waals surface area (Å²) in [4.78, 5) is 13.0. The van der Waals surface area contributed by atoms with Crippen molar-refractivity contribution in [2.45, 2.75) is 13.8 Å². The maximum absolute atomic E-state index is 9.11. The second kappa shape index (κ2) is 6.43. The molecule has 2 aromatic rings. The van der Waals surface area contributed by atoms with Gasteiger partial charge in [-0.05, 0) is 26.0 Å². The molecule has 5 heteroatoms. The van der Waals surface area contributed by atoms with Crippen molar-refractivity contribution in [2.75, 3.05) is 11.9 Å². The zero-order chi connectivity index (χ0) is 14.4. The molecule has 0 saturated carbocycles. The molecule has 0 radical (unpaired) electrons. The number of nitriles is 1. The van der Waals surface area contributed by atoms with Crippen LogP contribution in [-0.2, 0) is 0 Å². The molecule has 0 aliphatic rings. The van der Waals surface area contributed by atoms with E-state index in [0.29, 0.717) is 18.1 Å². The molecular formula is C15H15N5. The average Bonchev–Trinajstić information content (AvgIpc) is 2.48. The van der Waals surface area contributed by atoms with Crippen molar-refractivity contribution in [3.8, 4) is 6.07 Å². The van der Waals surface area contributed by atoms with Crippen molar-refractivity contribution in [1.29, 1.82) is 5.26 Å². The van der Waals surface area contributed by atoms with Crippen LogP contribution in [0.5, 0.6) is 0 Å². The third-order valence-electron chi connectivity index (χ3n) is 2.65. The molecule has 20 heavy (non-hydrogen) atoms. The van der Waals surface area contributed by atoms with Gasteiger partial charge in [-0.25, -0.2) is 9.97 Å². The molecule has 0 aliphatic heterocycles. The van der Waals surface area contributed by atoms with Crippen LogP contribution in [0.15, 0.2) is 35.3 Å². The Balaban J connectivity index is 2.33. The monoisotopic (exact) mass is 265 g/mol. The number of rotatable bonds is 4. The Morgan fingerprint density at radius 1 is 1.30 bits per heavy atom. The van der Waals surface area contributed by atoms with Crippen LogP contribution in [0.1, 0.15) is 24.0 Å². The van der Waals surface area contributed by atoms with Gasteiger partial charge in [-0.1, -0.05) is 18.2 Å². The number of para-hydroxylation sites is 1. The summed E-state index contributed by atoms with van der Waals surface area (Å²) in [6, 6.07) is 11.6. The molecule has 0 unspecified atom stereocenters. The average molecular weight is 265 g/mol. The van der Waals surface area contributed by atoms with E-state index in [-0.39, 0.29) is 5.69 Å². The lowest BCUT2D eigenvalue weighted by atomic mass is 10.3. The summed E-state index contributed by atoms with van der Waals surface area (Å²) in [7, 11) is 0. The molecule has 0 atom stereocenters. The lowest BCUT2D eigenvalue weighted by molar-refractivity contribution is 1.05. The zero-order valence-electron chi connectivity index (χ0n) is 11.5. The summed E-state index contributed by atoms with van der Waals surface area (Å²) >= 11 is 0. The molecule has 1 aromatic heterocycles. The highest BCUT2D eigenvalue weighted by atomic mass is 15.0. The summed E-state index contributed by atoms with van der Waals surface area (Å²) in [5, 5.41) is 12.1. The fourth-order valence-corrected chi connectivity index (χ4v) is 1.67. The molecule has 1 N–H and O–H groups in total. The Bertz CT molecular complexity index is 656. The van der Waals surface area contributed by atoms with Crippen molar-refractivity contribution < 1.29 is 0 Å². The maximum Gasteiger partial charge on any atom is 0.183 e. The quantitative estimate of drug-likeness (QED) is 0.862. The lowest BCUT2D eigenvalue weighted by Gasteiger charge is -2.06. The van der Waals surface area contributed by atoms with E-state index in [1.54, 1.807) is 6.21 Å². The van der Waals surface area contributed by atoms with Crippen LogP contribution in [-0.4, -0.2) is 22.7 Å². The summed E-state index contributed by atoms with van der Waals surface area (Å²) in [6.45, 7) is 4.49. The number of aromatic nitrogens is 2. The van der Waals surface area contributed by atoms with Gasteiger partial charge < -0.3 is 5.32 Å². The van der Waals surface area contributed by atoms with E-state index in [9.17, 15) is 0 Å². The van der Waals surface area contributed by atoms with Gasteiger partial charge in [0.2, 0.25) is 0 Å². The Kier molecular flexibility index (Phi) is 4.40. The number of hydrogen-bond acceptors (Lipinski definition) is 5. The second-order valence-electron chi connectivity index (χ2n) is 4.13. The normalized spacial score (nSPS) is 10.4. The number of nitrogens with zero attached hydrogens (tertiary/aromatic N) is 4. The van der Waals surface area contributed by atoms with E-state index in [0.717, 1.165) is 11.4 Å². The van der Waals surface area contributed by atoms with Gasteiger partial charge in [-0.15, -0.1) is 0 Å². The van der Waals surface area contributed by atoms with E-state index >= 15 is 0 Å². The van der Waals surface area contributed by atoms with Crippen molar-refractivity contribution in [3.05, 3.63) is 47.4 Å². The molecule has 0 fully saturated rings. The summed E-state index contributed by atoms with van der Waals surface area (Å²) < 4.78 is 0. The van der Waals surface area contributed by atoms with E-state index in [1.807, 2.05) is 50.2 Å². The second-order valence-corrected chi connectivity index (χ2v) is 4.13. The molecule has 0 saturated heterocycles. The SMILES string of the molecule is CCNc1nc(C)c(C=Nc2ccccc2)nc1C#N. The van der Waals surface area contributed by atoms with Gasteiger partial charge in [0, 0.05) is 6.54 Å². The Labute approximate surface area is 118 Å². The number of benzene rings is 1. The summed E-state index contributed by atoms with van der Waals surface area (Å²) in [5.41, 5.74) is 2.46. The molecule has 1 aromatic carbocycles. The van der Waals surface area contributed by atoms with Crippen molar-refractivity contribution in [1.82, 2.24) is 9.97 Å². The highest BCUT2D eigenvalue weighted by molar-refractivity contribution is 5.81. The van der Waals surface area contributed by atoms with Gasteiger partial charge in [0.05, 0.1) is 17.6 Å². The van der Waals surface area contributed by atoms with Gasteiger partial charge in [0.15, 0.2) is 11.5 Å². The van der Waals surface area contributed by atoms with E-state index in [1.165, 1.54) is 0 Å². The smallest absolute Gasteiger partial charge is 0.183 e. The van der Waals surface area contributed by atoms with Crippen LogP contribution in [0.25, 0.3) is 0 Å². The van der Waals surface area contributed by atoms with Crippen molar-refractivity contribution in [3.63, 3.8) is 0 Å². The molecule has 0 spiro atoms. The topological polar surface area (TPSA) is 74.0 Å². The van der Waals surface area contributed by atoms with E-state index < -0.39 is 0 Å². The van der Waals surface area contributed by atoms with Gasteiger partial charge in [-0.3, -0.25) is 4.99 Å². The first kappa shape index (κ1) is 13.7. The standard InChI is InChI=1S/C15H15N5/c1-3-17-15-13(9-16)20-14(11(2)19-15)10-18-12-7-5-4-6-8-12/h4-8,10H,3H2,1-2H3,(H,17,19). The molecule has 0 amide bonds. The van der Waals surface area contributed by atoms with Crippen LogP contribution in [0.2, 0.25) is 0 Å². The molecule has 5 nitrogen and oxygen atoms in total. The molecule has 2 rings (SSSR count). The Hall–Kier alpha value is -2.74. The number of nitrogens with one attached hydrogen (secondary N) is 1. The maximum atomic E-state index is 9.11. The minimum absolute atomic E-state index is 0.284.